The van der Waals surface area contributed by atoms with Crippen LogP contribution in [0.3, 0.4) is 0 Å². The summed E-state index contributed by atoms with van der Waals surface area (Å²) in [6.07, 6.45) is 3.99. The first kappa shape index (κ1) is 12.2. The lowest BCUT2D eigenvalue weighted by Gasteiger charge is -2.30. The fraction of sp³-hybridized carbons (Fsp3) is 0.545. The third kappa shape index (κ3) is 2.40. The second-order valence-corrected chi connectivity index (χ2v) is 3.96. The number of aliphatic carboxylic acids is 2. The molecule has 1 rings (SSSR count). The van der Waals surface area contributed by atoms with Gasteiger partial charge in [-0.3, -0.25) is 0 Å². The Balaban J connectivity index is 3.13. The van der Waals surface area contributed by atoms with E-state index in [9.17, 15) is 9.59 Å². The van der Waals surface area contributed by atoms with E-state index in [4.69, 9.17) is 15.5 Å². The summed E-state index contributed by atoms with van der Waals surface area (Å²) < 4.78 is 0. The minimum Gasteiger partial charge on any atom is -0.478 e. The molecule has 0 saturated heterocycles. The first-order valence-corrected chi connectivity index (χ1v) is 5.11. The maximum Gasteiger partial charge on any atom is 0.333 e. The molecule has 0 unspecified atom stereocenters. The molecular weight excluding hydrogens is 210 g/mol. The lowest BCUT2D eigenvalue weighted by molar-refractivity contribution is -0.136. The summed E-state index contributed by atoms with van der Waals surface area (Å²) in [5.74, 6) is -2.64. The minimum absolute atomic E-state index is 0.290. The molecule has 0 radical (unpaired) electrons. The summed E-state index contributed by atoms with van der Waals surface area (Å²) in [6, 6.07) is 1.99. The van der Waals surface area contributed by atoms with Gasteiger partial charge in [-0.15, -0.1) is 0 Å². The van der Waals surface area contributed by atoms with Gasteiger partial charge in [-0.1, -0.05) is 19.3 Å². The van der Waals surface area contributed by atoms with Crippen LogP contribution in [0.2, 0.25) is 0 Å². The van der Waals surface area contributed by atoms with Crippen LogP contribution in [0, 0.1) is 16.7 Å². The van der Waals surface area contributed by atoms with E-state index in [-0.39, 0.29) is 5.57 Å². The highest BCUT2D eigenvalue weighted by atomic mass is 16.4. The molecule has 0 amide bonds. The molecule has 5 nitrogen and oxygen atoms in total. The quantitative estimate of drug-likeness (QED) is 0.707. The van der Waals surface area contributed by atoms with Crippen molar-refractivity contribution in [1.82, 2.24) is 0 Å². The van der Waals surface area contributed by atoms with Crippen molar-refractivity contribution in [2.24, 2.45) is 5.41 Å². The van der Waals surface area contributed by atoms with Crippen LogP contribution >= 0.6 is 0 Å². The summed E-state index contributed by atoms with van der Waals surface area (Å²) in [6.45, 7) is 0. The van der Waals surface area contributed by atoms with Crippen molar-refractivity contribution in [3.63, 3.8) is 0 Å². The molecule has 1 saturated carbocycles. The number of carbonyl (C=O) groups is 2. The van der Waals surface area contributed by atoms with Gasteiger partial charge in [-0.2, -0.15) is 5.26 Å². The zero-order chi connectivity index (χ0) is 12.2. The standard InChI is InChI=1S/C11H13NO4/c12-7-11(4-2-1-3-5-11)8(10(15)16)6-9(13)14/h6H,1-5H2,(H,13,14)(H,15,16)/b8-6+. The van der Waals surface area contributed by atoms with Gasteiger partial charge in [0.2, 0.25) is 0 Å². The van der Waals surface area contributed by atoms with Gasteiger partial charge < -0.3 is 10.2 Å². The predicted molar refractivity (Wildman–Crippen MR) is 54.5 cm³/mol. The Morgan fingerprint density at radius 2 is 1.75 bits per heavy atom. The molecule has 0 aromatic carbocycles. The average Bonchev–Trinajstić information content (AvgIpc) is 2.26. The number of carboxylic acid groups (broad SMARTS) is 2. The summed E-state index contributed by atoms with van der Waals surface area (Å²) in [5.41, 5.74) is -1.41. The van der Waals surface area contributed by atoms with Crippen LogP contribution in [0.25, 0.3) is 0 Å². The third-order valence-corrected chi connectivity index (χ3v) is 2.93. The van der Waals surface area contributed by atoms with Crippen LogP contribution in [0.15, 0.2) is 11.6 Å². The molecular formula is C11H13NO4. The maximum atomic E-state index is 11.0. The van der Waals surface area contributed by atoms with E-state index >= 15 is 0 Å². The number of nitrogens with zero attached hydrogens (tertiary/aromatic N) is 1. The Bertz CT molecular complexity index is 372. The van der Waals surface area contributed by atoms with Gasteiger partial charge in [0.15, 0.2) is 0 Å². The van der Waals surface area contributed by atoms with Crippen molar-refractivity contribution in [3.8, 4) is 6.07 Å². The van der Waals surface area contributed by atoms with Crippen LogP contribution in [-0.2, 0) is 9.59 Å². The number of nitriles is 1. The largest absolute Gasteiger partial charge is 0.478 e. The monoisotopic (exact) mass is 223 g/mol. The van der Waals surface area contributed by atoms with Crippen molar-refractivity contribution in [2.45, 2.75) is 32.1 Å². The molecule has 0 bridgehead atoms. The fourth-order valence-corrected chi connectivity index (χ4v) is 2.12. The highest BCUT2D eigenvalue weighted by Crippen LogP contribution is 2.41. The highest BCUT2D eigenvalue weighted by Gasteiger charge is 2.40. The second kappa shape index (κ2) is 4.79. The van der Waals surface area contributed by atoms with E-state index in [1.54, 1.807) is 0 Å². The number of hydrogen-bond donors (Lipinski definition) is 2. The Morgan fingerprint density at radius 3 is 2.12 bits per heavy atom. The summed E-state index contributed by atoms with van der Waals surface area (Å²) in [5, 5.41) is 26.7. The number of hydrogen-bond acceptors (Lipinski definition) is 3. The molecule has 0 aromatic heterocycles. The third-order valence-electron chi connectivity index (χ3n) is 2.93. The van der Waals surface area contributed by atoms with Gasteiger partial charge in [0.05, 0.1) is 17.1 Å². The maximum absolute atomic E-state index is 11.0. The highest BCUT2D eigenvalue weighted by molar-refractivity contribution is 5.96. The van der Waals surface area contributed by atoms with E-state index < -0.39 is 17.4 Å². The van der Waals surface area contributed by atoms with E-state index in [2.05, 4.69) is 0 Å². The molecule has 2 N–H and O–H groups in total. The Hall–Kier alpha value is -1.83. The molecule has 1 aliphatic carbocycles. The van der Waals surface area contributed by atoms with E-state index in [1.165, 1.54) is 0 Å². The first-order valence-electron chi connectivity index (χ1n) is 5.11. The zero-order valence-electron chi connectivity index (χ0n) is 8.77. The van der Waals surface area contributed by atoms with Gasteiger partial charge in [-0.05, 0) is 12.8 Å². The van der Waals surface area contributed by atoms with E-state index in [0.717, 1.165) is 19.3 Å². The molecule has 86 valence electrons. The number of carboxylic acids is 2. The van der Waals surface area contributed by atoms with Gasteiger partial charge in [0, 0.05) is 6.08 Å². The van der Waals surface area contributed by atoms with E-state index in [1.807, 2.05) is 6.07 Å². The molecule has 5 heteroatoms. The minimum atomic E-state index is -1.32. The zero-order valence-corrected chi connectivity index (χ0v) is 8.77. The topological polar surface area (TPSA) is 98.4 Å². The van der Waals surface area contributed by atoms with Gasteiger partial charge in [0.1, 0.15) is 0 Å². The Labute approximate surface area is 93.0 Å². The van der Waals surface area contributed by atoms with Crippen molar-refractivity contribution < 1.29 is 19.8 Å². The van der Waals surface area contributed by atoms with Crippen LogP contribution in [0.5, 0.6) is 0 Å². The smallest absolute Gasteiger partial charge is 0.333 e. The molecule has 0 aromatic rings. The van der Waals surface area contributed by atoms with Crippen molar-refractivity contribution in [3.05, 3.63) is 11.6 Å². The molecule has 0 atom stereocenters. The van der Waals surface area contributed by atoms with Crippen LogP contribution in [-0.4, -0.2) is 22.2 Å². The van der Waals surface area contributed by atoms with Crippen molar-refractivity contribution in [2.75, 3.05) is 0 Å². The summed E-state index contributed by atoms with van der Waals surface area (Å²) >= 11 is 0. The second-order valence-electron chi connectivity index (χ2n) is 3.96. The fourth-order valence-electron chi connectivity index (χ4n) is 2.12. The molecule has 16 heavy (non-hydrogen) atoms. The van der Waals surface area contributed by atoms with Crippen LogP contribution in [0.4, 0.5) is 0 Å². The molecule has 0 aliphatic heterocycles. The first-order chi connectivity index (χ1) is 7.52. The number of rotatable bonds is 3. The lowest BCUT2D eigenvalue weighted by Crippen LogP contribution is -2.29. The molecule has 0 spiro atoms. The summed E-state index contributed by atoms with van der Waals surface area (Å²) in [7, 11) is 0. The Kier molecular flexibility index (Phi) is 3.67. The van der Waals surface area contributed by atoms with Gasteiger partial charge >= 0.3 is 11.9 Å². The van der Waals surface area contributed by atoms with E-state index in [0.29, 0.717) is 18.9 Å². The van der Waals surface area contributed by atoms with Crippen LogP contribution < -0.4 is 0 Å². The lowest BCUT2D eigenvalue weighted by atomic mass is 9.70. The molecule has 1 fully saturated rings. The molecule has 1 aliphatic rings. The van der Waals surface area contributed by atoms with Crippen molar-refractivity contribution >= 4 is 11.9 Å². The van der Waals surface area contributed by atoms with Gasteiger partial charge in [-0.25, -0.2) is 9.59 Å². The van der Waals surface area contributed by atoms with Crippen molar-refractivity contribution in [1.29, 1.82) is 5.26 Å². The molecule has 0 heterocycles. The van der Waals surface area contributed by atoms with Crippen LogP contribution in [0.1, 0.15) is 32.1 Å². The normalized spacial score (nSPS) is 19.8. The SMILES string of the molecule is N#CC1(/C(=C/C(=O)O)C(=O)O)CCCCC1. The predicted octanol–water partition coefficient (Wildman–Crippen LogP) is 1.56. The summed E-state index contributed by atoms with van der Waals surface area (Å²) in [4.78, 5) is 21.6. The average molecular weight is 223 g/mol. The van der Waals surface area contributed by atoms with Gasteiger partial charge in [0.25, 0.3) is 0 Å². The Morgan fingerprint density at radius 1 is 1.19 bits per heavy atom.